The zero-order valence-electron chi connectivity index (χ0n) is 15.7. The quantitative estimate of drug-likeness (QED) is 0.685. The van der Waals surface area contributed by atoms with E-state index in [2.05, 4.69) is 26.6 Å². The molecule has 0 aliphatic carbocycles. The van der Waals surface area contributed by atoms with E-state index in [-0.39, 0.29) is 13.3 Å². The Hall–Kier alpha value is -3.07. The van der Waals surface area contributed by atoms with Crippen molar-refractivity contribution in [3.05, 3.63) is 52.0 Å². The number of fused-ring (bicyclic) bond motifs is 1. The molecule has 1 saturated heterocycles. The fourth-order valence-electron chi connectivity index (χ4n) is 3.31. The molecule has 2 heterocycles. The first kappa shape index (κ1) is 19.3. The molecule has 1 unspecified atom stereocenters. The number of hydrogen-bond acceptors (Lipinski definition) is 5. The average Bonchev–Trinajstić information content (AvgIpc) is 3.23. The third kappa shape index (κ3) is 3.42. The van der Waals surface area contributed by atoms with Crippen LogP contribution < -0.4 is 20.1 Å². The molecule has 0 spiro atoms. The van der Waals surface area contributed by atoms with Gasteiger partial charge in [-0.3, -0.25) is 14.5 Å². The highest BCUT2D eigenvalue weighted by Crippen LogP contribution is 2.37. The van der Waals surface area contributed by atoms with E-state index < -0.39 is 23.4 Å². The van der Waals surface area contributed by atoms with Crippen molar-refractivity contribution in [2.24, 2.45) is 0 Å². The van der Waals surface area contributed by atoms with Crippen LogP contribution in [0.25, 0.3) is 0 Å². The lowest BCUT2D eigenvalue weighted by Gasteiger charge is -2.22. The predicted molar refractivity (Wildman–Crippen MR) is 108 cm³/mol. The zero-order valence-corrected chi connectivity index (χ0v) is 17.3. The van der Waals surface area contributed by atoms with E-state index in [0.717, 1.165) is 14.9 Å². The van der Waals surface area contributed by atoms with Gasteiger partial charge in [0.1, 0.15) is 12.1 Å². The molecule has 9 heteroatoms. The zero-order chi connectivity index (χ0) is 20.8. The van der Waals surface area contributed by atoms with Crippen LogP contribution in [0.2, 0.25) is 0 Å². The lowest BCUT2D eigenvalue weighted by Crippen LogP contribution is -2.42. The Morgan fingerprint density at radius 2 is 1.97 bits per heavy atom. The smallest absolute Gasteiger partial charge is 0.325 e. The number of halogens is 1. The molecule has 4 amide bonds. The topological polar surface area (TPSA) is 97.0 Å². The Kier molecular flexibility index (Phi) is 4.70. The molecular formula is C20H18BrN3O5. The Morgan fingerprint density at radius 1 is 1.21 bits per heavy atom. The van der Waals surface area contributed by atoms with Gasteiger partial charge in [-0.05, 0) is 55.3 Å². The fourth-order valence-corrected chi connectivity index (χ4v) is 3.56. The summed E-state index contributed by atoms with van der Waals surface area (Å²) in [6.07, 6.45) is 0. The summed E-state index contributed by atoms with van der Waals surface area (Å²) in [7, 11) is 0. The summed E-state index contributed by atoms with van der Waals surface area (Å²) in [5, 5.41) is 5.39. The molecule has 29 heavy (non-hydrogen) atoms. The molecule has 2 aliphatic heterocycles. The number of carbonyl (C=O) groups is 3. The number of urea groups is 1. The monoisotopic (exact) mass is 459 g/mol. The van der Waals surface area contributed by atoms with Gasteiger partial charge in [-0.2, -0.15) is 0 Å². The van der Waals surface area contributed by atoms with E-state index in [4.69, 9.17) is 9.47 Å². The van der Waals surface area contributed by atoms with Gasteiger partial charge in [-0.15, -0.1) is 0 Å². The second-order valence-electron chi connectivity index (χ2n) is 7.03. The summed E-state index contributed by atoms with van der Waals surface area (Å²) >= 11 is 3.40. The first-order chi connectivity index (χ1) is 13.8. The van der Waals surface area contributed by atoms with E-state index in [1.807, 2.05) is 13.0 Å². The summed E-state index contributed by atoms with van der Waals surface area (Å²) in [5.74, 6) is 0.108. The van der Waals surface area contributed by atoms with E-state index in [1.165, 1.54) is 0 Å². The van der Waals surface area contributed by atoms with Crippen LogP contribution in [0.5, 0.6) is 11.5 Å². The number of aryl methyl sites for hydroxylation is 1. The maximum Gasteiger partial charge on any atom is 0.325 e. The molecule has 150 valence electrons. The van der Waals surface area contributed by atoms with Crippen molar-refractivity contribution in [3.63, 3.8) is 0 Å². The van der Waals surface area contributed by atoms with Gasteiger partial charge in [0, 0.05) is 10.2 Å². The van der Waals surface area contributed by atoms with Crippen LogP contribution in [0.3, 0.4) is 0 Å². The lowest BCUT2D eigenvalue weighted by molar-refractivity contribution is -0.133. The number of rotatable bonds is 4. The van der Waals surface area contributed by atoms with Crippen molar-refractivity contribution in [3.8, 4) is 11.5 Å². The lowest BCUT2D eigenvalue weighted by atomic mass is 9.91. The van der Waals surface area contributed by atoms with E-state index in [1.54, 1.807) is 37.3 Å². The highest BCUT2D eigenvalue weighted by Gasteiger charge is 2.49. The minimum atomic E-state index is -1.30. The Balaban J connectivity index is 1.50. The number of nitrogens with zero attached hydrogens (tertiary/aromatic N) is 1. The first-order valence-corrected chi connectivity index (χ1v) is 9.67. The molecule has 1 fully saturated rings. The SMILES string of the molecule is Cc1cc(NC(=O)CN2C(=O)NC(C)(c3ccc4c(c3)OCO4)C2=O)ccc1Br. The number of imide groups is 1. The van der Waals surface area contributed by atoms with E-state index in [0.29, 0.717) is 22.7 Å². The molecule has 0 radical (unpaired) electrons. The second-order valence-corrected chi connectivity index (χ2v) is 7.88. The molecule has 2 N–H and O–H groups in total. The number of benzene rings is 2. The molecule has 2 aliphatic rings. The summed E-state index contributed by atoms with van der Waals surface area (Å²) < 4.78 is 11.6. The number of hydrogen-bond donors (Lipinski definition) is 2. The van der Waals surface area contributed by atoms with Gasteiger partial charge in [0.2, 0.25) is 12.7 Å². The predicted octanol–water partition coefficient (Wildman–Crippen LogP) is 2.89. The normalized spacial score (nSPS) is 20.0. The minimum Gasteiger partial charge on any atom is -0.454 e. The molecule has 0 aromatic heterocycles. The van der Waals surface area contributed by atoms with Gasteiger partial charge in [-0.25, -0.2) is 4.79 Å². The maximum absolute atomic E-state index is 13.0. The number of nitrogens with one attached hydrogen (secondary N) is 2. The van der Waals surface area contributed by atoms with Crippen molar-refractivity contribution in [1.82, 2.24) is 10.2 Å². The summed E-state index contributed by atoms with van der Waals surface area (Å²) in [5.41, 5.74) is 0.785. The number of ether oxygens (including phenoxy) is 2. The average molecular weight is 460 g/mol. The van der Waals surface area contributed by atoms with Crippen molar-refractivity contribution in [1.29, 1.82) is 0 Å². The summed E-state index contributed by atoms with van der Waals surface area (Å²) in [6.45, 7) is 3.21. The molecule has 8 nitrogen and oxygen atoms in total. The molecule has 0 saturated carbocycles. The van der Waals surface area contributed by atoms with Crippen LogP contribution in [0.4, 0.5) is 10.5 Å². The number of anilines is 1. The number of carbonyl (C=O) groups excluding carboxylic acids is 3. The molecule has 2 aromatic carbocycles. The van der Waals surface area contributed by atoms with Gasteiger partial charge in [0.15, 0.2) is 11.5 Å². The standard InChI is InChI=1S/C20H18BrN3O5/c1-11-7-13(4-5-14(11)21)22-17(25)9-24-18(26)20(2,23-19(24)27)12-3-6-15-16(8-12)29-10-28-15/h3-8H,9-10H2,1-2H3,(H,22,25)(H,23,27). The van der Waals surface area contributed by atoms with Gasteiger partial charge >= 0.3 is 6.03 Å². The van der Waals surface area contributed by atoms with E-state index >= 15 is 0 Å². The van der Waals surface area contributed by atoms with Crippen LogP contribution in [-0.2, 0) is 15.1 Å². The van der Waals surface area contributed by atoms with Gasteiger partial charge in [0.05, 0.1) is 0 Å². The Labute approximate surface area is 175 Å². The second kappa shape index (κ2) is 7.07. The van der Waals surface area contributed by atoms with Crippen LogP contribution >= 0.6 is 15.9 Å². The fraction of sp³-hybridized carbons (Fsp3) is 0.250. The van der Waals surface area contributed by atoms with Crippen LogP contribution in [0.15, 0.2) is 40.9 Å². The van der Waals surface area contributed by atoms with Crippen molar-refractivity contribution in [2.45, 2.75) is 19.4 Å². The highest BCUT2D eigenvalue weighted by atomic mass is 79.9. The van der Waals surface area contributed by atoms with Gasteiger partial charge in [0.25, 0.3) is 5.91 Å². The maximum atomic E-state index is 13.0. The van der Waals surface area contributed by atoms with Gasteiger partial charge < -0.3 is 20.1 Å². The first-order valence-electron chi connectivity index (χ1n) is 8.88. The summed E-state index contributed by atoms with van der Waals surface area (Å²) in [4.78, 5) is 38.8. The van der Waals surface area contributed by atoms with Crippen LogP contribution in [-0.4, -0.2) is 36.1 Å². The van der Waals surface area contributed by atoms with Crippen LogP contribution in [0, 0.1) is 6.92 Å². The van der Waals surface area contributed by atoms with Crippen LogP contribution in [0.1, 0.15) is 18.1 Å². The molecule has 2 aromatic rings. The van der Waals surface area contributed by atoms with E-state index in [9.17, 15) is 14.4 Å². The third-order valence-electron chi connectivity index (χ3n) is 4.97. The van der Waals surface area contributed by atoms with Crippen molar-refractivity contribution < 1.29 is 23.9 Å². The highest BCUT2D eigenvalue weighted by molar-refractivity contribution is 9.10. The van der Waals surface area contributed by atoms with Crippen molar-refractivity contribution >= 4 is 39.5 Å². The Bertz CT molecular complexity index is 1040. The molecule has 4 rings (SSSR count). The van der Waals surface area contributed by atoms with Crippen molar-refractivity contribution in [2.75, 3.05) is 18.7 Å². The Morgan fingerprint density at radius 3 is 2.72 bits per heavy atom. The molecule has 0 bridgehead atoms. The minimum absolute atomic E-state index is 0.109. The molecular weight excluding hydrogens is 442 g/mol. The largest absolute Gasteiger partial charge is 0.454 e. The number of amides is 4. The molecule has 1 atom stereocenters. The third-order valence-corrected chi connectivity index (χ3v) is 5.86. The summed E-state index contributed by atoms with van der Waals surface area (Å²) in [6, 6.07) is 9.76. The van der Waals surface area contributed by atoms with Gasteiger partial charge in [-0.1, -0.05) is 22.0 Å².